The number of carbonyl (C=O) groups is 2. The average Bonchev–Trinajstić information content (AvgIpc) is 3.26. The highest BCUT2D eigenvalue weighted by molar-refractivity contribution is 7.98. The molecule has 24 heavy (non-hydrogen) atoms. The van der Waals surface area contributed by atoms with Gasteiger partial charge in [0, 0.05) is 10.6 Å². The summed E-state index contributed by atoms with van der Waals surface area (Å²) in [5.74, 6) is -0.332. The van der Waals surface area contributed by atoms with E-state index in [0.717, 1.165) is 10.6 Å². The number of benzene rings is 1. The van der Waals surface area contributed by atoms with Crippen molar-refractivity contribution in [3.8, 4) is 0 Å². The highest BCUT2D eigenvalue weighted by Gasteiger charge is 2.13. The van der Waals surface area contributed by atoms with E-state index in [-0.39, 0.29) is 17.6 Å². The summed E-state index contributed by atoms with van der Waals surface area (Å²) in [5.41, 5.74) is 0.737. The fourth-order valence-electron chi connectivity index (χ4n) is 2.00. The number of thiophene rings is 1. The summed E-state index contributed by atoms with van der Waals surface area (Å²) in [6.07, 6.45) is 3.42. The molecule has 0 bridgehead atoms. The van der Waals surface area contributed by atoms with Crippen LogP contribution in [0.2, 0.25) is 0 Å². The molecule has 1 aromatic carbocycles. The van der Waals surface area contributed by atoms with Crippen LogP contribution in [0, 0.1) is 0 Å². The number of rotatable bonds is 5. The maximum atomic E-state index is 12.3. The van der Waals surface area contributed by atoms with E-state index >= 15 is 0 Å². The van der Waals surface area contributed by atoms with Crippen molar-refractivity contribution in [3.05, 3.63) is 65.4 Å². The average molecular weight is 358 g/mol. The third-order valence-corrected chi connectivity index (χ3v) is 4.86. The quantitative estimate of drug-likeness (QED) is 0.656. The first-order chi connectivity index (χ1) is 11.7. The van der Waals surface area contributed by atoms with Crippen LogP contribution in [0.4, 0.5) is 10.7 Å². The van der Waals surface area contributed by atoms with Crippen LogP contribution >= 0.6 is 23.1 Å². The largest absolute Gasteiger partial charge is 0.459 e. The highest BCUT2D eigenvalue weighted by Crippen LogP contribution is 2.25. The third kappa shape index (κ3) is 3.87. The Balaban J connectivity index is 1.66. The molecule has 0 fully saturated rings. The lowest BCUT2D eigenvalue weighted by Gasteiger charge is -2.05. The van der Waals surface area contributed by atoms with Crippen molar-refractivity contribution < 1.29 is 14.0 Å². The molecule has 2 amide bonds. The first-order valence-electron chi connectivity index (χ1n) is 7.06. The second-order valence-corrected chi connectivity index (χ2v) is 6.74. The molecule has 3 rings (SSSR count). The van der Waals surface area contributed by atoms with Gasteiger partial charge in [-0.1, -0.05) is 6.07 Å². The molecule has 0 aliphatic carbocycles. The summed E-state index contributed by atoms with van der Waals surface area (Å²) >= 11 is 2.82. The standard InChI is InChI=1S/C17H14N2O3S2/c1-23-12-5-2-4-11(10-12)18-17(21)14-7-8-15(24-14)19-16(20)13-6-3-9-22-13/h2-10H,1H3,(H,18,21)(H,19,20). The van der Waals surface area contributed by atoms with Gasteiger partial charge in [0.25, 0.3) is 11.8 Å². The zero-order chi connectivity index (χ0) is 16.9. The molecule has 122 valence electrons. The second-order valence-electron chi connectivity index (χ2n) is 4.78. The number of hydrogen-bond donors (Lipinski definition) is 2. The van der Waals surface area contributed by atoms with Gasteiger partial charge in [-0.25, -0.2) is 0 Å². The van der Waals surface area contributed by atoms with Gasteiger partial charge >= 0.3 is 0 Å². The molecule has 0 saturated heterocycles. The van der Waals surface area contributed by atoms with Crippen molar-refractivity contribution in [1.29, 1.82) is 0 Å². The maximum Gasteiger partial charge on any atom is 0.291 e. The molecule has 0 unspecified atom stereocenters. The summed E-state index contributed by atoms with van der Waals surface area (Å²) in [4.78, 5) is 25.8. The Hall–Kier alpha value is -2.51. The van der Waals surface area contributed by atoms with Gasteiger partial charge < -0.3 is 15.1 Å². The molecule has 0 aliphatic heterocycles. The summed E-state index contributed by atoms with van der Waals surface area (Å²) in [6, 6.07) is 14.2. The maximum absolute atomic E-state index is 12.3. The van der Waals surface area contributed by atoms with Gasteiger partial charge in [0.2, 0.25) is 0 Å². The Morgan fingerprint density at radius 2 is 1.92 bits per heavy atom. The van der Waals surface area contributed by atoms with Crippen molar-refractivity contribution in [1.82, 2.24) is 0 Å². The molecule has 2 heterocycles. The summed E-state index contributed by atoms with van der Waals surface area (Å²) < 4.78 is 5.03. The van der Waals surface area contributed by atoms with Gasteiger partial charge in [-0.2, -0.15) is 0 Å². The van der Waals surface area contributed by atoms with E-state index in [4.69, 9.17) is 4.42 Å². The molecule has 0 spiro atoms. The van der Waals surface area contributed by atoms with Gasteiger partial charge in [-0.3, -0.25) is 9.59 Å². The Morgan fingerprint density at radius 1 is 1.04 bits per heavy atom. The highest BCUT2D eigenvalue weighted by atomic mass is 32.2. The minimum absolute atomic E-state index is 0.211. The second kappa shape index (κ2) is 7.37. The number of nitrogens with one attached hydrogen (secondary N) is 2. The van der Waals surface area contributed by atoms with Crippen LogP contribution in [0.3, 0.4) is 0 Å². The van der Waals surface area contributed by atoms with Crippen LogP contribution in [0.15, 0.2) is 64.1 Å². The smallest absolute Gasteiger partial charge is 0.291 e. The summed E-state index contributed by atoms with van der Waals surface area (Å²) in [6.45, 7) is 0. The molecule has 2 N–H and O–H groups in total. The molecule has 0 saturated carbocycles. The number of carbonyl (C=O) groups excluding carboxylic acids is 2. The number of amides is 2. The fourth-order valence-corrected chi connectivity index (χ4v) is 3.26. The van der Waals surface area contributed by atoms with Gasteiger partial charge in [0.1, 0.15) is 0 Å². The molecule has 0 radical (unpaired) electrons. The van der Waals surface area contributed by atoms with Gasteiger partial charge in [-0.05, 0) is 48.7 Å². The van der Waals surface area contributed by atoms with Crippen molar-refractivity contribution >= 4 is 45.6 Å². The van der Waals surface area contributed by atoms with E-state index in [1.807, 2.05) is 30.5 Å². The monoisotopic (exact) mass is 358 g/mol. The first kappa shape index (κ1) is 16.4. The number of anilines is 2. The molecule has 0 atom stereocenters. The normalized spacial score (nSPS) is 10.4. The topological polar surface area (TPSA) is 71.3 Å². The number of hydrogen-bond acceptors (Lipinski definition) is 5. The van der Waals surface area contributed by atoms with Crippen LogP contribution < -0.4 is 10.6 Å². The van der Waals surface area contributed by atoms with Crippen molar-refractivity contribution in [2.45, 2.75) is 4.90 Å². The van der Waals surface area contributed by atoms with E-state index in [1.54, 1.807) is 36.0 Å². The van der Waals surface area contributed by atoms with Gasteiger partial charge in [0.05, 0.1) is 16.1 Å². The molecule has 5 nitrogen and oxygen atoms in total. The molecule has 2 aromatic heterocycles. The lowest BCUT2D eigenvalue weighted by Crippen LogP contribution is -2.10. The minimum atomic E-state index is -0.346. The van der Waals surface area contributed by atoms with Crippen LogP contribution in [0.25, 0.3) is 0 Å². The first-order valence-corrected chi connectivity index (χ1v) is 9.10. The van der Waals surface area contributed by atoms with Gasteiger partial charge in [-0.15, -0.1) is 23.1 Å². The van der Waals surface area contributed by atoms with E-state index in [1.165, 1.54) is 17.6 Å². The van der Waals surface area contributed by atoms with Gasteiger partial charge in [0.15, 0.2) is 5.76 Å². The Morgan fingerprint density at radius 3 is 2.67 bits per heavy atom. The Kier molecular flexibility index (Phi) is 5.02. The molecule has 3 aromatic rings. The van der Waals surface area contributed by atoms with E-state index in [9.17, 15) is 9.59 Å². The van der Waals surface area contributed by atoms with Crippen LogP contribution in [-0.2, 0) is 0 Å². The summed E-state index contributed by atoms with van der Waals surface area (Å²) in [5, 5.41) is 6.14. The number of thioether (sulfide) groups is 1. The Bertz CT molecular complexity index is 856. The molecular formula is C17H14N2O3S2. The van der Waals surface area contributed by atoms with E-state index in [2.05, 4.69) is 10.6 Å². The molecular weight excluding hydrogens is 344 g/mol. The van der Waals surface area contributed by atoms with E-state index in [0.29, 0.717) is 9.88 Å². The Labute approximate surface area is 147 Å². The van der Waals surface area contributed by atoms with Crippen LogP contribution in [0.5, 0.6) is 0 Å². The van der Waals surface area contributed by atoms with E-state index < -0.39 is 0 Å². The third-order valence-electron chi connectivity index (χ3n) is 3.14. The number of furan rings is 1. The zero-order valence-electron chi connectivity index (χ0n) is 12.7. The summed E-state index contributed by atoms with van der Waals surface area (Å²) in [7, 11) is 0. The predicted octanol–water partition coefficient (Wildman–Crippen LogP) is 4.57. The van der Waals surface area contributed by atoms with Crippen LogP contribution in [0.1, 0.15) is 20.2 Å². The zero-order valence-corrected chi connectivity index (χ0v) is 14.4. The van der Waals surface area contributed by atoms with Crippen molar-refractivity contribution in [2.24, 2.45) is 0 Å². The van der Waals surface area contributed by atoms with Crippen molar-refractivity contribution in [2.75, 3.05) is 16.9 Å². The SMILES string of the molecule is CSc1cccc(NC(=O)c2ccc(NC(=O)c3ccco3)s2)c1. The lowest BCUT2D eigenvalue weighted by atomic mass is 10.3. The molecule has 0 aliphatic rings. The van der Waals surface area contributed by atoms with Crippen molar-refractivity contribution in [3.63, 3.8) is 0 Å². The van der Waals surface area contributed by atoms with Crippen LogP contribution in [-0.4, -0.2) is 18.1 Å². The lowest BCUT2D eigenvalue weighted by molar-refractivity contribution is 0.0995. The predicted molar refractivity (Wildman–Crippen MR) is 97.2 cm³/mol. The fraction of sp³-hybridized carbons (Fsp3) is 0.0588. The minimum Gasteiger partial charge on any atom is -0.459 e. The molecule has 7 heteroatoms.